The van der Waals surface area contributed by atoms with E-state index >= 15 is 0 Å². The second kappa shape index (κ2) is 9.36. The van der Waals surface area contributed by atoms with Crippen molar-refractivity contribution >= 4 is 27.5 Å². The molecule has 0 saturated carbocycles. The number of methoxy groups -OCH3 is 1. The Morgan fingerprint density at radius 1 is 1.16 bits per heavy atom. The van der Waals surface area contributed by atoms with E-state index in [4.69, 9.17) is 4.74 Å². The number of amides is 2. The summed E-state index contributed by atoms with van der Waals surface area (Å²) >= 11 is 0. The summed E-state index contributed by atoms with van der Waals surface area (Å²) in [5, 5.41) is 2.61. The van der Waals surface area contributed by atoms with Crippen LogP contribution in [0.3, 0.4) is 0 Å². The maximum absolute atomic E-state index is 14.6. The predicted molar refractivity (Wildman–Crippen MR) is 119 cm³/mol. The minimum absolute atomic E-state index is 0.0278. The van der Waals surface area contributed by atoms with Gasteiger partial charge in [0.1, 0.15) is 17.7 Å². The summed E-state index contributed by atoms with van der Waals surface area (Å²) in [5.74, 6) is -2.00. The van der Waals surface area contributed by atoms with Crippen LogP contribution in [0.4, 0.5) is 14.5 Å². The summed E-state index contributed by atoms with van der Waals surface area (Å²) in [6.45, 7) is 0.881. The van der Waals surface area contributed by atoms with Crippen molar-refractivity contribution in [2.45, 2.75) is 30.4 Å². The number of hydrogen-bond donors (Lipinski definition) is 1. The molecular weight excluding hydrogens is 422 g/mol. The van der Waals surface area contributed by atoms with Crippen LogP contribution in [0.2, 0.25) is 0 Å². The molecule has 0 aromatic heterocycles. The van der Waals surface area contributed by atoms with Crippen LogP contribution < -0.4 is 5.32 Å². The third-order valence-electron chi connectivity index (χ3n) is 5.15. The summed E-state index contributed by atoms with van der Waals surface area (Å²) in [4.78, 5) is 27.1. The molecule has 5 nitrogen and oxygen atoms in total. The molecule has 1 fully saturated rings. The third-order valence-corrected chi connectivity index (χ3v) is 6.77. The van der Waals surface area contributed by atoms with Crippen molar-refractivity contribution in [2.24, 2.45) is 0 Å². The van der Waals surface area contributed by atoms with E-state index in [0.717, 1.165) is 17.7 Å². The zero-order valence-electron chi connectivity index (χ0n) is 18.2. The van der Waals surface area contributed by atoms with Gasteiger partial charge in [-0.3, -0.25) is 9.59 Å². The lowest BCUT2D eigenvalue weighted by Gasteiger charge is -2.29. The number of hydrogen-bond acceptors (Lipinski definition) is 3. The molecule has 2 aromatic carbocycles. The van der Waals surface area contributed by atoms with Crippen molar-refractivity contribution in [3.05, 3.63) is 59.2 Å². The first-order valence-corrected chi connectivity index (χ1v) is 12.8. The fourth-order valence-corrected chi connectivity index (χ4v) is 5.09. The summed E-state index contributed by atoms with van der Waals surface area (Å²) < 4.78 is 34.3. The Balaban J connectivity index is 1.91. The fourth-order valence-electron chi connectivity index (χ4n) is 3.81. The van der Waals surface area contributed by atoms with Crippen LogP contribution in [0.25, 0.3) is 0 Å². The Morgan fingerprint density at radius 2 is 1.77 bits per heavy atom. The van der Waals surface area contributed by atoms with E-state index in [1.54, 1.807) is 38.0 Å². The molecule has 8 heteroatoms. The Bertz CT molecular complexity index is 951. The van der Waals surface area contributed by atoms with Crippen LogP contribution in [0.5, 0.6) is 0 Å². The fraction of sp³-hybridized carbons (Fsp3) is 0.391. The van der Waals surface area contributed by atoms with Gasteiger partial charge in [-0.2, -0.15) is 0 Å². The number of rotatable bonds is 7. The lowest BCUT2D eigenvalue weighted by atomic mass is 10.0. The topological polar surface area (TPSA) is 58.6 Å². The summed E-state index contributed by atoms with van der Waals surface area (Å²) in [5.41, 5.74) is 1.59. The average molecular weight is 451 g/mol. The summed E-state index contributed by atoms with van der Waals surface area (Å²) in [6.07, 6.45) is 6.44. The van der Waals surface area contributed by atoms with Crippen molar-refractivity contribution in [1.82, 2.24) is 4.90 Å². The van der Waals surface area contributed by atoms with Crippen LogP contribution in [0.1, 0.15) is 30.0 Å². The highest BCUT2D eigenvalue weighted by Crippen LogP contribution is 2.48. The molecule has 1 saturated heterocycles. The standard InChI is InChI=1S/C23H28F2N2O3S/c1-30-14-15-7-9-16(10-8-15)21(27-11-5-6-20(27)28)23(29)26-17-12-18(24)22(19(25)13-17)31(2,3)4/h7-10,12-13,21H,5-6,11,14H2,1-4H3,(H,26,29). The molecule has 1 atom stereocenters. The number of carbonyl (C=O) groups is 2. The van der Waals surface area contributed by atoms with Gasteiger partial charge in [0.2, 0.25) is 5.91 Å². The van der Waals surface area contributed by atoms with Gasteiger partial charge in [0, 0.05) is 25.8 Å². The Kier molecular flexibility index (Phi) is 7.01. The number of ether oxygens (including phenoxy) is 1. The molecule has 3 rings (SSSR count). The van der Waals surface area contributed by atoms with E-state index in [2.05, 4.69) is 5.32 Å². The largest absolute Gasteiger partial charge is 0.380 e. The molecule has 168 valence electrons. The van der Waals surface area contributed by atoms with Gasteiger partial charge in [-0.05, 0) is 48.4 Å². The number of nitrogens with one attached hydrogen (secondary N) is 1. The molecule has 0 radical (unpaired) electrons. The van der Waals surface area contributed by atoms with Gasteiger partial charge >= 0.3 is 0 Å². The van der Waals surface area contributed by atoms with E-state index in [1.807, 2.05) is 12.1 Å². The molecule has 2 amide bonds. The molecule has 0 aliphatic carbocycles. The van der Waals surface area contributed by atoms with Gasteiger partial charge in [-0.1, -0.05) is 24.3 Å². The molecule has 0 bridgehead atoms. The minimum atomic E-state index is -1.62. The molecule has 2 aromatic rings. The van der Waals surface area contributed by atoms with E-state index in [9.17, 15) is 18.4 Å². The van der Waals surface area contributed by atoms with Gasteiger partial charge in [0.15, 0.2) is 0 Å². The number of halogens is 2. The number of likely N-dealkylation sites (tertiary alicyclic amines) is 1. The normalized spacial score (nSPS) is 15.8. The molecule has 1 N–H and O–H groups in total. The zero-order chi connectivity index (χ0) is 22.8. The Morgan fingerprint density at radius 3 is 2.26 bits per heavy atom. The molecule has 1 unspecified atom stereocenters. The molecule has 1 heterocycles. The van der Waals surface area contributed by atoms with Crippen molar-refractivity contribution < 1.29 is 23.1 Å². The third kappa shape index (κ3) is 5.25. The van der Waals surface area contributed by atoms with E-state index in [0.29, 0.717) is 31.6 Å². The van der Waals surface area contributed by atoms with Crippen LogP contribution in [-0.4, -0.2) is 49.1 Å². The van der Waals surface area contributed by atoms with Crippen LogP contribution >= 0.6 is 10.0 Å². The van der Waals surface area contributed by atoms with Crippen molar-refractivity contribution in [3.63, 3.8) is 0 Å². The monoisotopic (exact) mass is 450 g/mol. The SMILES string of the molecule is COCc1ccc(C(C(=O)Nc2cc(F)c(S(C)(C)C)c(F)c2)N2CCCC2=O)cc1. The van der Waals surface area contributed by atoms with Gasteiger partial charge in [-0.25, -0.2) is 18.8 Å². The molecule has 0 spiro atoms. The molecule has 31 heavy (non-hydrogen) atoms. The lowest BCUT2D eigenvalue weighted by Crippen LogP contribution is -2.38. The average Bonchev–Trinajstić information content (AvgIpc) is 3.07. The number of anilines is 1. The molecule has 1 aliphatic rings. The van der Waals surface area contributed by atoms with Crippen molar-refractivity contribution in [1.29, 1.82) is 0 Å². The number of carbonyl (C=O) groups excluding carboxylic acids is 2. The number of nitrogens with zero attached hydrogens (tertiary/aromatic N) is 1. The second-order valence-electron chi connectivity index (χ2n) is 8.36. The first kappa shape index (κ1) is 23.2. The molecule has 1 aliphatic heterocycles. The van der Waals surface area contributed by atoms with Gasteiger partial charge in [-0.15, -0.1) is 0 Å². The first-order chi connectivity index (χ1) is 14.6. The van der Waals surface area contributed by atoms with Crippen molar-refractivity contribution in [3.8, 4) is 0 Å². The quantitative estimate of drug-likeness (QED) is 0.677. The van der Waals surface area contributed by atoms with E-state index < -0.39 is 33.6 Å². The van der Waals surface area contributed by atoms with E-state index in [-0.39, 0.29) is 16.5 Å². The Labute approximate surface area is 183 Å². The van der Waals surface area contributed by atoms with Crippen molar-refractivity contribution in [2.75, 3.05) is 37.7 Å². The van der Waals surface area contributed by atoms with Crippen LogP contribution in [-0.2, 0) is 20.9 Å². The van der Waals surface area contributed by atoms with Gasteiger partial charge in [0.25, 0.3) is 5.91 Å². The maximum atomic E-state index is 14.6. The maximum Gasteiger partial charge on any atom is 0.251 e. The Hall–Kier alpha value is -2.45. The predicted octanol–water partition coefficient (Wildman–Crippen LogP) is 4.47. The van der Waals surface area contributed by atoms with Gasteiger partial charge < -0.3 is 15.0 Å². The highest BCUT2D eigenvalue weighted by Gasteiger charge is 2.34. The van der Waals surface area contributed by atoms with Crippen LogP contribution in [0, 0.1) is 11.6 Å². The minimum Gasteiger partial charge on any atom is -0.380 e. The first-order valence-electron chi connectivity index (χ1n) is 9.97. The summed E-state index contributed by atoms with van der Waals surface area (Å²) in [7, 11) is -0.0288. The highest BCUT2D eigenvalue weighted by molar-refractivity contribution is 8.32. The van der Waals surface area contributed by atoms with Gasteiger partial charge in [0.05, 0.1) is 11.5 Å². The highest BCUT2D eigenvalue weighted by atomic mass is 32.3. The zero-order valence-corrected chi connectivity index (χ0v) is 19.0. The summed E-state index contributed by atoms with van der Waals surface area (Å²) in [6, 6.07) is 8.61. The second-order valence-corrected chi connectivity index (χ2v) is 12.4. The number of benzene rings is 2. The lowest BCUT2D eigenvalue weighted by molar-refractivity contribution is -0.135. The smallest absolute Gasteiger partial charge is 0.251 e. The van der Waals surface area contributed by atoms with Crippen LogP contribution in [0.15, 0.2) is 41.3 Å². The van der Waals surface area contributed by atoms with E-state index in [1.165, 1.54) is 4.90 Å². The molecular formula is C23H28F2N2O3S.